The fourth-order valence-electron chi connectivity index (χ4n) is 4.33. The fraction of sp³-hybridized carbons (Fsp3) is 0.407. The summed E-state index contributed by atoms with van der Waals surface area (Å²) in [5.41, 5.74) is 1.99. The van der Waals surface area contributed by atoms with Crippen molar-refractivity contribution in [3.05, 3.63) is 58.4 Å². The molecule has 0 atom stereocenters. The number of fused-ring (bicyclic) bond motifs is 2. The Kier molecular flexibility index (Phi) is 8.66. The van der Waals surface area contributed by atoms with Crippen LogP contribution in [0.1, 0.15) is 25.8 Å². The van der Waals surface area contributed by atoms with E-state index in [2.05, 4.69) is 29.0 Å². The summed E-state index contributed by atoms with van der Waals surface area (Å²) in [4.78, 5) is 20.5. The van der Waals surface area contributed by atoms with Crippen LogP contribution in [0.2, 0.25) is 0 Å². The Morgan fingerprint density at radius 1 is 1.08 bits per heavy atom. The van der Waals surface area contributed by atoms with Crippen molar-refractivity contribution >= 4 is 33.9 Å². The molecule has 2 heterocycles. The lowest BCUT2D eigenvalue weighted by molar-refractivity contribution is 0.172. The van der Waals surface area contributed by atoms with Gasteiger partial charge in [-0.1, -0.05) is 26.0 Å². The van der Waals surface area contributed by atoms with Gasteiger partial charge in [-0.25, -0.2) is 0 Å². The highest BCUT2D eigenvalue weighted by molar-refractivity contribution is 7.80. The first-order valence-electron chi connectivity index (χ1n) is 12.4. The second kappa shape index (κ2) is 12.1. The average Bonchev–Trinajstić information content (AvgIpc) is 2.90. The van der Waals surface area contributed by atoms with Crippen LogP contribution in [0, 0.1) is 0 Å². The summed E-state index contributed by atoms with van der Waals surface area (Å²) in [5, 5.41) is 4.75. The number of benzene rings is 2. The minimum Gasteiger partial charge on any atom is -0.495 e. The van der Waals surface area contributed by atoms with Gasteiger partial charge in [0, 0.05) is 23.6 Å². The van der Waals surface area contributed by atoms with Crippen molar-refractivity contribution in [2.45, 2.75) is 26.8 Å². The molecule has 36 heavy (non-hydrogen) atoms. The Morgan fingerprint density at radius 2 is 1.81 bits per heavy atom. The van der Waals surface area contributed by atoms with E-state index in [9.17, 15) is 4.79 Å². The minimum absolute atomic E-state index is 0.145. The number of aromatic nitrogens is 1. The van der Waals surface area contributed by atoms with E-state index in [1.165, 1.54) is 0 Å². The highest BCUT2D eigenvalue weighted by atomic mass is 32.1. The molecule has 0 unspecified atom stereocenters. The summed E-state index contributed by atoms with van der Waals surface area (Å²) in [6.45, 7) is 9.38. The van der Waals surface area contributed by atoms with E-state index in [4.69, 9.17) is 26.4 Å². The van der Waals surface area contributed by atoms with Gasteiger partial charge in [-0.15, -0.1) is 0 Å². The van der Waals surface area contributed by atoms with Crippen molar-refractivity contribution in [3.63, 3.8) is 0 Å². The number of anilines is 1. The molecule has 192 valence electrons. The molecule has 0 spiro atoms. The van der Waals surface area contributed by atoms with Gasteiger partial charge in [0.05, 0.1) is 24.9 Å². The second-order valence-corrected chi connectivity index (χ2v) is 9.03. The maximum Gasteiger partial charge on any atom is 0.253 e. The number of pyridine rings is 1. The molecule has 0 radical (unpaired) electrons. The maximum atomic E-state index is 13.0. The Balaban J connectivity index is 1.58. The fourth-order valence-corrected chi connectivity index (χ4v) is 4.60. The standard InChI is InChI=1S/C27H34N4O4S/c1-4-30(5-2)11-8-12-31(27(36)29-21-9-6-7-10-23(21)33-3)18-20-15-19-16-24-25(35-14-13-34-24)17-22(19)28-26(20)32/h6-7,9-10,15-17H,4-5,8,11-14,18H2,1-3H3,(H,28,32)(H,29,36). The lowest BCUT2D eigenvalue weighted by Crippen LogP contribution is -2.38. The Labute approximate surface area is 217 Å². The molecule has 2 aromatic carbocycles. The zero-order valence-corrected chi connectivity index (χ0v) is 22.0. The third-order valence-electron chi connectivity index (χ3n) is 6.38. The molecular weight excluding hydrogens is 476 g/mol. The van der Waals surface area contributed by atoms with E-state index in [1.807, 2.05) is 47.4 Å². The van der Waals surface area contributed by atoms with Crippen molar-refractivity contribution in [1.82, 2.24) is 14.8 Å². The molecule has 0 bridgehead atoms. The molecule has 1 aliphatic rings. The molecule has 0 saturated heterocycles. The Morgan fingerprint density at radius 3 is 2.53 bits per heavy atom. The predicted octanol–water partition coefficient (Wildman–Crippen LogP) is 4.24. The number of ether oxygens (including phenoxy) is 3. The number of nitrogens with one attached hydrogen (secondary N) is 2. The number of thiocarbonyl (C=S) groups is 1. The van der Waals surface area contributed by atoms with Crippen LogP contribution in [-0.4, -0.2) is 66.4 Å². The predicted molar refractivity (Wildman–Crippen MR) is 148 cm³/mol. The van der Waals surface area contributed by atoms with Gasteiger partial charge < -0.3 is 34.3 Å². The third kappa shape index (κ3) is 6.09. The number of H-pyrrole nitrogens is 1. The van der Waals surface area contributed by atoms with Crippen LogP contribution in [0.15, 0.2) is 47.3 Å². The molecule has 3 aromatic rings. The number of hydrogen-bond donors (Lipinski definition) is 2. The lowest BCUT2D eigenvalue weighted by Gasteiger charge is -2.28. The molecule has 0 fully saturated rings. The summed E-state index contributed by atoms with van der Waals surface area (Å²) in [6.07, 6.45) is 0.916. The van der Waals surface area contributed by atoms with Gasteiger partial charge >= 0.3 is 0 Å². The number of methoxy groups -OCH3 is 1. The van der Waals surface area contributed by atoms with E-state index in [1.54, 1.807) is 7.11 Å². The topological polar surface area (TPSA) is 79.1 Å². The molecule has 1 aromatic heterocycles. The number of aromatic amines is 1. The largest absolute Gasteiger partial charge is 0.495 e. The van der Waals surface area contributed by atoms with Crippen molar-refractivity contribution in [3.8, 4) is 17.2 Å². The highest BCUT2D eigenvalue weighted by Gasteiger charge is 2.18. The Bertz CT molecular complexity index is 1260. The molecule has 4 rings (SSSR count). The molecule has 0 saturated carbocycles. The second-order valence-electron chi connectivity index (χ2n) is 8.64. The van der Waals surface area contributed by atoms with Gasteiger partial charge in [0.2, 0.25) is 0 Å². The zero-order valence-electron chi connectivity index (χ0n) is 21.1. The third-order valence-corrected chi connectivity index (χ3v) is 6.74. The van der Waals surface area contributed by atoms with Crippen LogP contribution in [0.5, 0.6) is 17.2 Å². The van der Waals surface area contributed by atoms with Crippen molar-refractivity contribution in [1.29, 1.82) is 0 Å². The SMILES string of the molecule is CCN(CC)CCCN(Cc1cc2cc3c(cc2[nH]c1=O)OCCO3)C(=S)Nc1ccccc1OC. The van der Waals surface area contributed by atoms with E-state index < -0.39 is 0 Å². The summed E-state index contributed by atoms with van der Waals surface area (Å²) in [5.74, 6) is 2.05. The van der Waals surface area contributed by atoms with Crippen molar-refractivity contribution in [2.75, 3.05) is 51.8 Å². The van der Waals surface area contributed by atoms with Gasteiger partial charge in [-0.05, 0) is 62.5 Å². The van der Waals surface area contributed by atoms with E-state index in [0.29, 0.717) is 54.2 Å². The summed E-state index contributed by atoms with van der Waals surface area (Å²) in [7, 11) is 1.63. The summed E-state index contributed by atoms with van der Waals surface area (Å²) >= 11 is 5.82. The van der Waals surface area contributed by atoms with Crippen LogP contribution < -0.4 is 25.1 Å². The van der Waals surface area contributed by atoms with Crippen LogP contribution in [0.25, 0.3) is 10.9 Å². The quantitative estimate of drug-likeness (QED) is 0.392. The van der Waals surface area contributed by atoms with E-state index in [0.717, 1.165) is 42.6 Å². The van der Waals surface area contributed by atoms with Gasteiger partial charge in [0.1, 0.15) is 19.0 Å². The first-order valence-corrected chi connectivity index (χ1v) is 12.8. The van der Waals surface area contributed by atoms with Gasteiger partial charge in [-0.2, -0.15) is 0 Å². The smallest absolute Gasteiger partial charge is 0.253 e. The van der Waals surface area contributed by atoms with Crippen LogP contribution in [-0.2, 0) is 6.54 Å². The average molecular weight is 511 g/mol. The molecule has 2 N–H and O–H groups in total. The van der Waals surface area contributed by atoms with E-state index in [-0.39, 0.29) is 5.56 Å². The van der Waals surface area contributed by atoms with Gasteiger partial charge in [0.25, 0.3) is 5.56 Å². The normalized spacial score (nSPS) is 12.6. The molecule has 8 nitrogen and oxygen atoms in total. The van der Waals surface area contributed by atoms with Gasteiger partial charge in [0.15, 0.2) is 16.6 Å². The monoisotopic (exact) mass is 510 g/mol. The van der Waals surface area contributed by atoms with Crippen LogP contribution >= 0.6 is 12.2 Å². The Hall–Kier alpha value is -3.30. The molecule has 1 aliphatic heterocycles. The van der Waals surface area contributed by atoms with Gasteiger partial charge in [-0.3, -0.25) is 4.79 Å². The maximum absolute atomic E-state index is 13.0. The van der Waals surface area contributed by atoms with E-state index >= 15 is 0 Å². The van der Waals surface area contributed by atoms with Crippen LogP contribution in [0.3, 0.4) is 0 Å². The number of para-hydroxylation sites is 2. The first kappa shape index (κ1) is 25.8. The number of nitrogens with zero attached hydrogens (tertiary/aromatic N) is 2. The minimum atomic E-state index is -0.145. The zero-order chi connectivity index (χ0) is 25.5. The summed E-state index contributed by atoms with van der Waals surface area (Å²) in [6, 6.07) is 13.3. The van der Waals surface area contributed by atoms with Crippen molar-refractivity contribution < 1.29 is 14.2 Å². The van der Waals surface area contributed by atoms with Crippen LogP contribution in [0.4, 0.5) is 5.69 Å². The molecule has 0 aliphatic carbocycles. The van der Waals surface area contributed by atoms with Crippen molar-refractivity contribution in [2.24, 2.45) is 0 Å². The molecule has 9 heteroatoms. The number of hydrogen-bond acceptors (Lipinski definition) is 6. The first-order chi connectivity index (χ1) is 17.5. The number of rotatable bonds is 10. The summed E-state index contributed by atoms with van der Waals surface area (Å²) < 4.78 is 16.9. The molecular formula is C27H34N4O4S. The molecule has 0 amide bonds. The lowest BCUT2D eigenvalue weighted by atomic mass is 10.1. The highest BCUT2D eigenvalue weighted by Crippen LogP contribution is 2.33.